The minimum absolute atomic E-state index is 0.0800. The summed E-state index contributed by atoms with van der Waals surface area (Å²) in [5.74, 6) is 1.77. The number of hydrogen-bond donors (Lipinski definition) is 2. The molecular formula is C21H24N4O2. The molecule has 27 heavy (non-hydrogen) atoms. The van der Waals surface area contributed by atoms with Crippen LogP contribution >= 0.6 is 0 Å². The van der Waals surface area contributed by atoms with Gasteiger partial charge in [-0.15, -0.1) is 5.10 Å². The van der Waals surface area contributed by atoms with Crippen molar-refractivity contribution >= 4 is 0 Å². The van der Waals surface area contributed by atoms with Crippen molar-refractivity contribution in [2.24, 2.45) is 11.7 Å². The Morgan fingerprint density at radius 2 is 2.15 bits per heavy atom. The van der Waals surface area contributed by atoms with E-state index >= 15 is 0 Å². The highest BCUT2D eigenvalue weighted by Gasteiger charge is 2.39. The number of aromatic amines is 1. The molecule has 2 aromatic rings. The van der Waals surface area contributed by atoms with Gasteiger partial charge in [-0.25, -0.2) is 0 Å². The van der Waals surface area contributed by atoms with E-state index in [0.717, 1.165) is 35.4 Å². The fourth-order valence-corrected chi connectivity index (χ4v) is 4.35. The van der Waals surface area contributed by atoms with E-state index < -0.39 is 0 Å². The van der Waals surface area contributed by atoms with E-state index in [-0.39, 0.29) is 11.8 Å². The first-order valence-corrected chi connectivity index (χ1v) is 9.62. The second-order valence-electron chi connectivity index (χ2n) is 7.15. The molecule has 2 heterocycles. The van der Waals surface area contributed by atoms with Crippen LogP contribution in [-0.2, 0) is 0 Å². The van der Waals surface area contributed by atoms with E-state index in [0.29, 0.717) is 24.0 Å². The summed E-state index contributed by atoms with van der Waals surface area (Å²) in [5, 5.41) is 17.3. The average Bonchev–Trinajstić information content (AvgIpc) is 3.11. The van der Waals surface area contributed by atoms with Crippen molar-refractivity contribution < 1.29 is 9.47 Å². The van der Waals surface area contributed by atoms with Crippen molar-refractivity contribution in [2.45, 2.75) is 44.9 Å². The second kappa shape index (κ2) is 7.36. The lowest BCUT2D eigenvalue weighted by Gasteiger charge is -2.33. The summed E-state index contributed by atoms with van der Waals surface area (Å²) in [7, 11) is 0. The lowest BCUT2D eigenvalue weighted by molar-refractivity contribution is 0.297. The number of benzene rings is 1. The molecule has 1 aromatic carbocycles. The van der Waals surface area contributed by atoms with Crippen LogP contribution in [-0.4, -0.2) is 16.8 Å². The monoisotopic (exact) mass is 364 g/mol. The van der Waals surface area contributed by atoms with Crippen molar-refractivity contribution in [1.29, 1.82) is 5.26 Å². The standard InChI is InChI=1S/C21H24N4O2/c1-2-26-15-10-6-9-14(11-15)19-18-17(13-7-4-3-5-8-13)16(12-22)20(23)27-21(18)25-24-19/h6,9-11,13,17H,2-5,7-8,23H2,1H3,(H,24,25). The van der Waals surface area contributed by atoms with Gasteiger partial charge in [0.15, 0.2) is 0 Å². The fraction of sp³-hybridized carbons (Fsp3) is 0.429. The quantitative estimate of drug-likeness (QED) is 0.846. The van der Waals surface area contributed by atoms with Gasteiger partial charge in [0.2, 0.25) is 11.8 Å². The molecule has 140 valence electrons. The van der Waals surface area contributed by atoms with Gasteiger partial charge in [0.05, 0.1) is 23.4 Å². The van der Waals surface area contributed by atoms with Gasteiger partial charge in [-0.3, -0.25) is 5.10 Å². The normalized spacial score (nSPS) is 19.9. The zero-order chi connectivity index (χ0) is 18.8. The van der Waals surface area contributed by atoms with Gasteiger partial charge in [0.25, 0.3) is 0 Å². The Morgan fingerprint density at radius 1 is 1.33 bits per heavy atom. The molecule has 1 aromatic heterocycles. The molecule has 1 fully saturated rings. The van der Waals surface area contributed by atoms with E-state index in [1.54, 1.807) is 0 Å². The molecule has 2 aliphatic rings. The first-order chi connectivity index (χ1) is 13.2. The van der Waals surface area contributed by atoms with E-state index in [1.807, 2.05) is 31.2 Å². The van der Waals surface area contributed by atoms with Crippen LogP contribution in [0.3, 0.4) is 0 Å². The highest BCUT2D eigenvalue weighted by molar-refractivity contribution is 5.70. The van der Waals surface area contributed by atoms with Crippen LogP contribution in [0.2, 0.25) is 0 Å². The zero-order valence-electron chi connectivity index (χ0n) is 15.5. The van der Waals surface area contributed by atoms with Crippen LogP contribution in [0.15, 0.2) is 35.7 Å². The number of aromatic nitrogens is 2. The predicted molar refractivity (Wildman–Crippen MR) is 102 cm³/mol. The van der Waals surface area contributed by atoms with Gasteiger partial charge in [0, 0.05) is 11.5 Å². The largest absolute Gasteiger partial charge is 0.494 e. The van der Waals surface area contributed by atoms with E-state index in [1.165, 1.54) is 19.3 Å². The van der Waals surface area contributed by atoms with Crippen LogP contribution in [0.5, 0.6) is 11.6 Å². The smallest absolute Gasteiger partial charge is 0.244 e. The molecule has 1 aliphatic heterocycles. The number of ether oxygens (including phenoxy) is 2. The Hall–Kier alpha value is -2.94. The molecule has 0 radical (unpaired) electrons. The second-order valence-corrected chi connectivity index (χ2v) is 7.15. The number of nitrogens with zero attached hydrogens (tertiary/aromatic N) is 2. The average molecular weight is 364 g/mol. The molecule has 1 unspecified atom stereocenters. The number of rotatable bonds is 4. The van der Waals surface area contributed by atoms with Crippen molar-refractivity contribution in [3.05, 3.63) is 41.3 Å². The third-order valence-corrected chi connectivity index (χ3v) is 5.54. The van der Waals surface area contributed by atoms with Gasteiger partial charge >= 0.3 is 0 Å². The lowest BCUT2D eigenvalue weighted by Crippen LogP contribution is -2.26. The molecule has 0 spiro atoms. The summed E-state index contributed by atoms with van der Waals surface area (Å²) >= 11 is 0. The maximum Gasteiger partial charge on any atom is 0.244 e. The first kappa shape index (κ1) is 17.5. The Balaban J connectivity index is 1.81. The van der Waals surface area contributed by atoms with Crippen molar-refractivity contribution in [2.75, 3.05) is 6.61 Å². The molecule has 1 aliphatic carbocycles. The summed E-state index contributed by atoms with van der Waals surface area (Å²) in [6, 6.07) is 10.2. The number of nitrogens with two attached hydrogens (primary N) is 1. The van der Waals surface area contributed by atoms with Crippen LogP contribution < -0.4 is 15.2 Å². The number of nitrogens with one attached hydrogen (secondary N) is 1. The van der Waals surface area contributed by atoms with E-state index in [4.69, 9.17) is 15.2 Å². The molecule has 6 heteroatoms. The Bertz CT molecular complexity index is 903. The molecular weight excluding hydrogens is 340 g/mol. The van der Waals surface area contributed by atoms with Gasteiger partial charge < -0.3 is 15.2 Å². The Kier molecular flexibility index (Phi) is 4.76. The topological polar surface area (TPSA) is 97.0 Å². The predicted octanol–water partition coefficient (Wildman–Crippen LogP) is 4.23. The number of H-pyrrole nitrogens is 1. The van der Waals surface area contributed by atoms with Crippen LogP contribution in [0, 0.1) is 17.2 Å². The number of hydrogen-bond acceptors (Lipinski definition) is 5. The Morgan fingerprint density at radius 3 is 2.89 bits per heavy atom. The minimum atomic E-state index is -0.0800. The van der Waals surface area contributed by atoms with Crippen molar-refractivity contribution in [3.63, 3.8) is 0 Å². The first-order valence-electron chi connectivity index (χ1n) is 9.62. The minimum Gasteiger partial charge on any atom is -0.494 e. The summed E-state index contributed by atoms with van der Waals surface area (Å²) in [5.41, 5.74) is 9.39. The number of nitriles is 1. The molecule has 6 nitrogen and oxygen atoms in total. The summed E-state index contributed by atoms with van der Waals surface area (Å²) in [6.45, 7) is 2.57. The third kappa shape index (κ3) is 3.14. The molecule has 0 saturated heterocycles. The lowest BCUT2D eigenvalue weighted by atomic mass is 9.72. The van der Waals surface area contributed by atoms with Gasteiger partial charge in [-0.2, -0.15) is 5.26 Å². The highest BCUT2D eigenvalue weighted by atomic mass is 16.5. The van der Waals surface area contributed by atoms with Gasteiger partial charge in [-0.1, -0.05) is 31.4 Å². The van der Waals surface area contributed by atoms with Gasteiger partial charge in [-0.05, 0) is 37.8 Å². The number of fused-ring (bicyclic) bond motifs is 1. The Labute approximate surface area is 159 Å². The van der Waals surface area contributed by atoms with Gasteiger partial charge in [0.1, 0.15) is 11.8 Å². The highest BCUT2D eigenvalue weighted by Crippen LogP contribution is 2.49. The van der Waals surface area contributed by atoms with Crippen molar-refractivity contribution in [3.8, 4) is 29.0 Å². The number of allylic oxidation sites excluding steroid dienone is 1. The molecule has 1 saturated carbocycles. The van der Waals surface area contributed by atoms with E-state index in [2.05, 4.69) is 16.3 Å². The molecule has 4 rings (SSSR count). The van der Waals surface area contributed by atoms with Crippen LogP contribution in [0.1, 0.15) is 50.5 Å². The molecule has 0 bridgehead atoms. The molecule has 3 N–H and O–H groups in total. The summed E-state index contributed by atoms with van der Waals surface area (Å²) in [4.78, 5) is 0. The zero-order valence-corrected chi connectivity index (χ0v) is 15.5. The summed E-state index contributed by atoms with van der Waals surface area (Å²) < 4.78 is 11.3. The van der Waals surface area contributed by atoms with Crippen LogP contribution in [0.25, 0.3) is 11.3 Å². The SMILES string of the molecule is CCOc1cccc(-c2[nH]nc3c2C(C2CCCCC2)C(C#N)=C(N)O3)c1. The summed E-state index contributed by atoms with van der Waals surface area (Å²) in [6.07, 6.45) is 5.80. The maximum absolute atomic E-state index is 9.78. The van der Waals surface area contributed by atoms with E-state index in [9.17, 15) is 5.26 Å². The molecule has 1 atom stereocenters. The fourth-order valence-electron chi connectivity index (χ4n) is 4.35. The van der Waals surface area contributed by atoms with Crippen LogP contribution in [0.4, 0.5) is 0 Å². The molecule has 0 amide bonds. The maximum atomic E-state index is 9.78. The van der Waals surface area contributed by atoms with Crippen molar-refractivity contribution in [1.82, 2.24) is 10.2 Å². The third-order valence-electron chi connectivity index (χ3n) is 5.54.